The van der Waals surface area contributed by atoms with Gasteiger partial charge in [0.15, 0.2) is 0 Å². The van der Waals surface area contributed by atoms with Crippen LogP contribution in [0.15, 0.2) is 48.5 Å². The summed E-state index contributed by atoms with van der Waals surface area (Å²) in [6, 6.07) is 14.6. The number of rotatable bonds is 3. The molecule has 132 valence electrons. The summed E-state index contributed by atoms with van der Waals surface area (Å²) in [5.74, 6) is -0.589. The van der Waals surface area contributed by atoms with Crippen molar-refractivity contribution in [1.82, 2.24) is 0 Å². The highest BCUT2D eigenvalue weighted by Gasteiger charge is 2.14. The van der Waals surface area contributed by atoms with Crippen molar-refractivity contribution < 1.29 is 9.59 Å². The van der Waals surface area contributed by atoms with E-state index in [0.29, 0.717) is 5.69 Å². The maximum Gasteiger partial charge on any atom is 0.323 e. The lowest BCUT2D eigenvalue weighted by atomic mass is 10.0. The molecule has 26 heavy (non-hydrogen) atoms. The molecule has 3 aromatic carbocycles. The molecule has 0 spiro atoms. The summed E-state index contributed by atoms with van der Waals surface area (Å²) in [7, 11) is 0. The number of primary amides is 1. The predicted octanol–water partition coefficient (Wildman–Crippen LogP) is 4.51. The average Bonchev–Trinajstić information content (AvgIpc) is 2.57. The Morgan fingerprint density at radius 3 is 2.00 bits per heavy atom. The lowest BCUT2D eigenvalue weighted by molar-refractivity contribution is 0.100. The summed E-state index contributed by atoms with van der Waals surface area (Å²) in [6.07, 6.45) is 0. The molecule has 0 aliphatic carbocycles. The van der Waals surface area contributed by atoms with Crippen LogP contribution in [0.25, 0.3) is 10.8 Å². The Bertz CT molecular complexity index is 1000. The Morgan fingerprint density at radius 2 is 1.42 bits per heavy atom. The van der Waals surface area contributed by atoms with Crippen LogP contribution >= 0.6 is 0 Å². The van der Waals surface area contributed by atoms with Crippen molar-refractivity contribution in [3.05, 3.63) is 70.8 Å². The number of fused-ring (bicyclic) bond motifs is 1. The van der Waals surface area contributed by atoms with Gasteiger partial charge in [-0.3, -0.25) is 4.79 Å². The molecule has 0 aliphatic heterocycles. The minimum atomic E-state index is -0.589. The Labute approximate surface area is 152 Å². The molecule has 0 saturated heterocycles. The summed E-state index contributed by atoms with van der Waals surface area (Å²) in [4.78, 5) is 24.3. The summed E-state index contributed by atoms with van der Waals surface area (Å²) >= 11 is 0. The fraction of sp³-hybridized carbons (Fsp3) is 0.143. The molecule has 3 amide bonds. The molecular formula is C21H21N3O2. The van der Waals surface area contributed by atoms with Gasteiger partial charge in [-0.25, -0.2) is 4.79 Å². The molecule has 0 aliphatic rings. The predicted molar refractivity (Wildman–Crippen MR) is 106 cm³/mol. The topological polar surface area (TPSA) is 84.2 Å². The van der Waals surface area contributed by atoms with E-state index in [1.807, 2.05) is 57.2 Å². The van der Waals surface area contributed by atoms with Gasteiger partial charge < -0.3 is 16.4 Å². The van der Waals surface area contributed by atoms with Gasteiger partial charge >= 0.3 is 6.03 Å². The number of amides is 3. The van der Waals surface area contributed by atoms with Crippen LogP contribution in [-0.2, 0) is 0 Å². The zero-order valence-electron chi connectivity index (χ0n) is 15.0. The zero-order valence-corrected chi connectivity index (χ0v) is 15.0. The maximum atomic E-state index is 12.5. The summed E-state index contributed by atoms with van der Waals surface area (Å²) < 4.78 is 0. The summed E-state index contributed by atoms with van der Waals surface area (Å²) in [5.41, 5.74) is 10.00. The van der Waals surface area contributed by atoms with Crippen molar-refractivity contribution in [3.8, 4) is 0 Å². The average molecular weight is 347 g/mol. The number of aryl methyl sites for hydroxylation is 3. The highest BCUT2D eigenvalue weighted by Crippen LogP contribution is 2.25. The fourth-order valence-electron chi connectivity index (χ4n) is 3.19. The van der Waals surface area contributed by atoms with Crippen LogP contribution in [0.3, 0.4) is 0 Å². The van der Waals surface area contributed by atoms with E-state index >= 15 is 0 Å². The highest BCUT2D eigenvalue weighted by atomic mass is 16.2. The molecule has 0 aromatic heterocycles. The first-order chi connectivity index (χ1) is 12.3. The lowest BCUT2D eigenvalue weighted by Crippen LogP contribution is -2.23. The second kappa shape index (κ2) is 6.88. The minimum Gasteiger partial charge on any atom is -0.366 e. The molecular weight excluding hydrogens is 326 g/mol. The van der Waals surface area contributed by atoms with Crippen molar-refractivity contribution >= 4 is 34.1 Å². The van der Waals surface area contributed by atoms with Gasteiger partial charge in [0, 0.05) is 5.69 Å². The molecule has 5 heteroatoms. The quantitative estimate of drug-likeness (QED) is 0.651. The molecule has 3 rings (SSSR count). The van der Waals surface area contributed by atoms with Gasteiger partial charge in [-0.1, -0.05) is 42.0 Å². The third kappa shape index (κ3) is 3.52. The lowest BCUT2D eigenvalue weighted by Gasteiger charge is -2.15. The Balaban J connectivity index is 1.92. The fourth-order valence-corrected chi connectivity index (χ4v) is 3.19. The number of hydrogen-bond acceptors (Lipinski definition) is 2. The SMILES string of the molecule is Cc1cc(C)c(NC(=O)Nc2cc3ccccc3cc2C(N)=O)c(C)c1. The van der Waals surface area contributed by atoms with Gasteiger partial charge in [-0.05, 0) is 54.8 Å². The van der Waals surface area contributed by atoms with Gasteiger partial charge in [0.25, 0.3) is 5.91 Å². The first-order valence-corrected chi connectivity index (χ1v) is 8.33. The van der Waals surface area contributed by atoms with Crippen molar-refractivity contribution in [2.24, 2.45) is 5.73 Å². The van der Waals surface area contributed by atoms with Gasteiger partial charge in [0.1, 0.15) is 0 Å². The van der Waals surface area contributed by atoms with E-state index < -0.39 is 11.9 Å². The highest BCUT2D eigenvalue weighted by molar-refractivity contribution is 6.09. The van der Waals surface area contributed by atoms with Crippen LogP contribution in [-0.4, -0.2) is 11.9 Å². The molecule has 0 atom stereocenters. The van der Waals surface area contributed by atoms with E-state index in [4.69, 9.17) is 5.73 Å². The molecule has 0 heterocycles. The minimum absolute atomic E-state index is 0.274. The standard InChI is InChI=1S/C21H21N3O2/c1-12-8-13(2)19(14(3)9-12)24-21(26)23-18-11-16-7-5-4-6-15(16)10-17(18)20(22)25/h4-11H,1-3H3,(H2,22,25)(H2,23,24,26). The molecule has 0 unspecified atom stereocenters. The number of anilines is 2. The van der Waals surface area contributed by atoms with Gasteiger partial charge in [0.05, 0.1) is 11.3 Å². The Hall–Kier alpha value is -3.34. The summed E-state index contributed by atoms with van der Waals surface area (Å²) in [6.45, 7) is 5.90. The third-order valence-electron chi connectivity index (χ3n) is 4.32. The van der Waals surface area contributed by atoms with Crippen LogP contribution in [0.2, 0.25) is 0 Å². The molecule has 0 radical (unpaired) electrons. The summed E-state index contributed by atoms with van der Waals surface area (Å²) in [5, 5.41) is 7.42. The van der Waals surface area contributed by atoms with Gasteiger partial charge in [-0.15, -0.1) is 0 Å². The van der Waals surface area contributed by atoms with Crippen LogP contribution in [0.4, 0.5) is 16.2 Å². The number of hydrogen-bond donors (Lipinski definition) is 3. The second-order valence-corrected chi connectivity index (χ2v) is 6.46. The van der Waals surface area contributed by atoms with E-state index in [1.54, 1.807) is 12.1 Å². The third-order valence-corrected chi connectivity index (χ3v) is 4.32. The van der Waals surface area contributed by atoms with E-state index in [-0.39, 0.29) is 5.56 Å². The van der Waals surface area contributed by atoms with E-state index in [0.717, 1.165) is 33.2 Å². The monoisotopic (exact) mass is 347 g/mol. The number of carbonyl (C=O) groups is 2. The van der Waals surface area contributed by atoms with Crippen LogP contribution in [0, 0.1) is 20.8 Å². The van der Waals surface area contributed by atoms with Gasteiger partial charge in [-0.2, -0.15) is 0 Å². The first kappa shape index (κ1) is 17.5. The van der Waals surface area contributed by atoms with Crippen molar-refractivity contribution in [1.29, 1.82) is 0 Å². The molecule has 5 nitrogen and oxygen atoms in total. The van der Waals surface area contributed by atoms with Crippen molar-refractivity contribution in [2.75, 3.05) is 10.6 Å². The number of nitrogens with two attached hydrogens (primary N) is 1. The maximum absolute atomic E-state index is 12.5. The Kier molecular flexibility index (Phi) is 4.63. The Morgan fingerprint density at radius 1 is 0.846 bits per heavy atom. The smallest absolute Gasteiger partial charge is 0.323 e. The largest absolute Gasteiger partial charge is 0.366 e. The van der Waals surface area contributed by atoms with E-state index in [2.05, 4.69) is 10.6 Å². The van der Waals surface area contributed by atoms with E-state index in [9.17, 15) is 9.59 Å². The number of nitrogens with one attached hydrogen (secondary N) is 2. The van der Waals surface area contributed by atoms with Crippen LogP contribution in [0.1, 0.15) is 27.0 Å². The molecule has 4 N–H and O–H groups in total. The second-order valence-electron chi connectivity index (χ2n) is 6.46. The number of benzene rings is 3. The van der Waals surface area contributed by atoms with E-state index in [1.165, 1.54) is 0 Å². The first-order valence-electron chi connectivity index (χ1n) is 8.33. The van der Waals surface area contributed by atoms with Gasteiger partial charge in [0.2, 0.25) is 0 Å². The zero-order chi connectivity index (χ0) is 18.8. The van der Waals surface area contributed by atoms with Crippen LogP contribution in [0.5, 0.6) is 0 Å². The normalized spacial score (nSPS) is 10.6. The molecule has 0 fully saturated rings. The number of urea groups is 1. The van der Waals surface area contributed by atoms with Crippen LogP contribution < -0.4 is 16.4 Å². The molecule has 3 aromatic rings. The van der Waals surface area contributed by atoms with Crippen molar-refractivity contribution in [2.45, 2.75) is 20.8 Å². The molecule has 0 bridgehead atoms. The van der Waals surface area contributed by atoms with Crippen molar-refractivity contribution in [3.63, 3.8) is 0 Å². The number of carbonyl (C=O) groups excluding carboxylic acids is 2. The molecule has 0 saturated carbocycles.